The maximum atomic E-state index is 12.9. The minimum atomic E-state index is -3.55. The molecular formula is C17H20FN3O3S. The van der Waals surface area contributed by atoms with Crippen LogP contribution < -0.4 is 10.6 Å². The van der Waals surface area contributed by atoms with E-state index in [-0.39, 0.29) is 23.2 Å². The molecule has 25 heavy (non-hydrogen) atoms. The van der Waals surface area contributed by atoms with E-state index in [1.54, 1.807) is 6.07 Å². The summed E-state index contributed by atoms with van der Waals surface area (Å²) in [7, 11) is -0.637. The van der Waals surface area contributed by atoms with Gasteiger partial charge in [-0.3, -0.25) is 4.79 Å². The van der Waals surface area contributed by atoms with Gasteiger partial charge in [-0.2, -0.15) is 0 Å². The maximum Gasteiger partial charge on any atom is 0.243 e. The molecule has 0 fully saturated rings. The van der Waals surface area contributed by atoms with Gasteiger partial charge in [-0.25, -0.2) is 17.1 Å². The molecule has 0 radical (unpaired) electrons. The summed E-state index contributed by atoms with van der Waals surface area (Å²) < 4.78 is 38.4. The summed E-state index contributed by atoms with van der Waals surface area (Å²) in [6.07, 6.45) is 0. The minimum Gasteiger partial charge on any atom is -0.376 e. The fourth-order valence-electron chi connectivity index (χ4n) is 2.08. The number of benzene rings is 2. The van der Waals surface area contributed by atoms with Crippen LogP contribution >= 0.6 is 0 Å². The highest BCUT2D eigenvalue weighted by Crippen LogP contribution is 2.21. The van der Waals surface area contributed by atoms with Crippen molar-refractivity contribution in [2.75, 3.05) is 31.3 Å². The van der Waals surface area contributed by atoms with Crippen LogP contribution in [0, 0.1) is 12.7 Å². The van der Waals surface area contributed by atoms with Crippen LogP contribution in [0.1, 0.15) is 5.56 Å². The molecule has 1 amide bonds. The second kappa shape index (κ2) is 7.62. The van der Waals surface area contributed by atoms with Crippen LogP contribution in [0.5, 0.6) is 0 Å². The zero-order chi connectivity index (χ0) is 18.6. The van der Waals surface area contributed by atoms with E-state index in [0.29, 0.717) is 11.4 Å². The third-order valence-corrected chi connectivity index (χ3v) is 5.37. The van der Waals surface area contributed by atoms with Crippen molar-refractivity contribution in [3.63, 3.8) is 0 Å². The van der Waals surface area contributed by atoms with Gasteiger partial charge in [-0.15, -0.1) is 0 Å². The summed E-state index contributed by atoms with van der Waals surface area (Å²) in [6, 6.07) is 10.1. The van der Waals surface area contributed by atoms with Crippen molar-refractivity contribution in [1.82, 2.24) is 4.31 Å². The molecule has 0 bridgehead atoms. The molecule has 2 aromatic carbocycles. The van der Waals surface area contributed by atoms with Crippen LogP contribution in [0.15, 0.2) is 47.4 Å². The molecule has 0 aliphatic heterocycles. The maximum absolute atomic E-state index is 12.9. The van der Waals surface area contributed by atoms with Crippen LogP contribution in [-0.2, 0) is 14.8 Å². The number of nitrogens with one attached hydrogen (secondary N) is 2. The summed E-state index contributed by atoms with van der Waals surface area (Å²) in [5.41, 5.74) is 1.85. The van der Waals surface area contributed by atoms with E-state index in [2.05, 4.69) is 10.6 Å². The van der Waals surface area contributed by atoms with Gasteiger partial charge in [0.2, 0.25) is 15.9 Å². The average molecular weight is 365 g/mol. The van der Waals surface area contributed by atoms with Gasteiger partial charge in [0.15, 0.2) is 0 Å². The van der Waals surface area contributed by atoms with Crippen LogP contribution in [0.4, 0.5) is 15.8 Å². The van der Waals surface area contributed by atoms with Gasteiger partial charge in [-0.05, 0) is 48.9 Å². The summed E-state index contributed by atoms with van der Waals surface area (Å²) in [5, 5.41) is 5.55. The Balaban J connectivity index is 2.07. The Morgan fingerprint density at radius 2 is 1.76 bits per heavy atom. The number of anilines is 2. The Hall–Kier alpha value is -2.45. The van der Waals surface area contributed by atoms with Gasteiger partial charge < -0.3 is 10.6 Å². The molecule has 8 heteroatoms. The Morgan fingerprint density at radius 3 is 2.36 bits per heavy atom. The van der Waals surface area contributed by atoms with Crippen molar-refractivity contribution in [2.45, 2.75) is 11.8 Å². The topological polar surface area (TPSA) is 78.5 Å². The molecule has 134 valence electrons. The molecule has 0 aromatic heterocycles. The number of nitrogens with zero attached hydrogens (tertiary/aromatic N) is 1. The predicted molar refractivity (Wildman–Crippen MR) is 95.6 cm³/mol. The molecule has 6 nitrogen and oxygen atoms in total. The molecule has 0 aliphatic carbocycles. The van der Waals surface area contributed by atoms with Crippen LogP contribution in [-0.4, -0.2) is 39.3 Å². The number of carbonyl (C=O) groups is 1. The van der Waals surface area contributed by atoms with Crippen molar-refractivity contribution >= 4 is 27.3 Å². The first kappa shape index (κ1) is 18.9. The van der Waals surface area contributed by atoms with Gasteiger partial charge in [0.1, 0.15) is 5.82 Å². The summed E-state index contributed by atoms with van der Waals surface area (Å²) in [6.45, 7) is 1.76. The van der Waals surface area contributed by atoms with Crippen LogP contribution in [0.25, 0.3) is 0 Å². The number of sulfonamides is 1. The minimum absolute atomic E-state index is 0.0519. The van der Waals surface area contributed by atoms with Crippen LogP contribution in [0.3, 0.4) is 0 Å². The first-order chi connectivity index (χ1) is 11.7. The largest absolute Gasteiger partial charge is 0.376 e. The molecule has 2 aromatic rings. The molecule has 0 atom stereocenters. The van der Waals surface area contributed by atoms with Crippen molar-refractivity contribution in [3.8, 4) is 0 Å². The van der Waals surface area contributed by atoms with E-state index in [0.717, 1.165) is 9.87 Å². The lowest BCUT2D eigenvalue weighted by Crippen LogP contribution is -2.23. The first-order valence-electron chi connectivity index (χ1n) is 7.52. The van der Waals surface area contributed by atoms with Gasteiger partial charge in [0, 0.05) is 25.5 Å². The molecule has 0 aliphatic rings. The predicted octanol–water partition coefficient (Wildman–Crippen LogP) is 2.44. The SMILES string of the molecule is Cc1ccc(S(=O)(=O)N(C)C)cc1NCC(=O)Nc1ccc(F)cc1. The number of carbonyl (C=O) groups excluding carboxylic acids is 1. The number of rotatable bonds is 6. The fraction of sp³-hybridized carbons (Fsp3) is 0.235. The Kier molecular flexibility index (Phi) is 5.76. The van der Waals surface area contributed by atoms with E-state index >= 15 is 0 Å². The third kappa shape index (κ3) is 4.77. The summed E-state index contributed by atoms with van der Waals surface area (Å²) in [5.74, 6) is -0.711. The van der Waals surface area contributed by atoms with E-state index < -0.39 is 10.0 Å². The summed E-state index contributed by atoms with van der Waals surface area (Å²) in [4.78, 5) is 12.1. The van der Waals surface area contributed by atoms with Crippen molar-refractivity contribution in [2.24, 2.45) is 0 Å². The van der Waals surface area contributed by atoms with E-state index in [4.69, 9.17) is 0 Å². The molecule has 0 heterocycles. The third-order valence-electron chi connectivity index (χ3n) is 3.55. The monoisotopic (exact) mass is 365 g/mol. The van der Waals surface area contributed by atoms with E-state index in [9.17, 15) is 17.6 Å². The normalized spacial score (nSPS) is 11.4. The van der Waals surface area contributed by atoms with Gasteiger partial charge in [-0.1, -0.05) is 6.07 Å². The van der Waals surface area contributed by atoms with E-state index in [1.165, 1.54) is 50.5 Å². The molecule has 0 saturated carbocycles. The van der Waals surface area contributed by atoms with Crippen LogP contribution in [0.2, 0.25) is 0 Å². The highest BCUT2D eigenvalue weighted by Gasteiger charge is 2.18. The number of aryl methyl sites for hydroxylation is 1. The zero-order valence-corrected chi connectivity index (χ0v) is 15.0. The zero-order valence-electron chi connectivity index (χ0n) is 14.2. The molecule has 0 unspecified atom stereocenters. The molecule has 2 N–H and O–H groups in total. The second-order valence-electron chi connectivity index (χ2n) is 5.67. The molecular weight excluding hydrogens is 345 g/mol. The second-order valence-corrected chi connectivity index (χ2v) is 7.82. The first-order valence-corrected chi connectivity index (χ1v) is 8.96. The number of amides is 1. The molecule has 0 saturated heterocycles. The lowest BCUT2D eigenvalue weighted by atomic mass is 10.2. The Morgan fingerprint density at radius 1 is 1.12 bits per heavy atom. The Bertz CT molecular complexity index is 865. The fourth-order valence-corrected chi connectivity index (χ4v) is 3.01. The van der Waals surface area contributed by atoms with Gasteiger partial charge in [0.25, 0.3) is 0 Å². The lowest BCUT2D eigenvalue weighted by molar-refractivity contribution is -0.114. The molecule has 2 rings (SSSR count). The lowest BCUT2D eigenvalue weighted by Gasteiger charge is -2.15. The van der Waals surface area contributed by atoms with Crippen molar-refractivity contribution in [3.05, 3.63) is 53.8 Å². The standard InChI is InChI=1S/C17H20FN3O3S/c1-12-4-9-15(25(23,24)21(2)3)10-16(12)19-11-17(22)20-14-7-5-13(18)6-8-14/h4-10,19H,11H2,1-3H3,(H,20,22). The highest BCUT2D eigenvalue weighted by atomic mass is 32.2. The highest BCUT2D eigenvalue weighted by molar-refractivity contribution is 7.89. The van der Waals surface area contributed by atoms with Crippen molar-refractivity contribution < 1.29 is 17.6 Å². The number of hydrogen-bond acceptors (Lipinski definition) is 4. The van der Waals surface area contributed by atoms with Gasteiger partial charge in [0.05, 0.1) is 11.4 Å². The average Bonchev–Trinajstić information content (AvgIpc) is 2.56. The quantitative estimate of drug-likeness (QED) is 0.824. The summed E-state index contributed by atoms with van der Waals surface area (Å²) >= 11 is 0. The smallest absolute Gasteiger partial charge is 0.243 e. The molecule has 0 spiro atoms. The number of hydrogen-bond donors (Lipinski definition) is 2. The van der Waals surface area contributed by atoms with Gasteiger partial charge >= 0.3 is 0 Å². The Labute approximate surface area is 146 Å². The number of halogens is 1. The van der Waals surface area contributed by atoms with Crippen molar-refractivity contribution in [1.29, 1.82) is 0 Å². The van der Waals surface area contributed by atoms with E-state index in [1.807, 2.05) is 6.92 Å².